The molecular formula is C7H7N3S. The Hall–Kier alpha value is -1.03. The lowest BCUT2D eigenvalue weighted by atomic mass is 10.3. The van der Waals surface area contributed by atoms with E-state index in [9.17, 15) is 0 Å². The summed E-state index contributed by atoms with van der Waals surface area (Å²) >= 11 is 1.41. The summed E-state index contributed by atoms with van der Waals surface area (Å²) in [6.45, 7) is 3.87. The summed E-state index contributed by atoms with van der Waals surface area (Å²) in [5.74, 6) is 0.819. The van der Waals surface area contributed by atoms with Crippen LogP contribution in [0.1, 0.15) is 11.5 Å². The second-order valence-electron chi connectivity index (χ2n) is 2.40. The van der Waals surface area contributed by atoms with Crippen molar-refractivity contribution < 1.29 is 0 Å². The molecule has 0 aromatic carbocycles. The maximum Gasteiger partial charge on any atom is 0.147 e. The first kappa shape index (κ1) is 6.67. The van der Waals surface area contributed by atoms with Gasteiger partial charge in [-0.05, 0) is 25.4 Å². The topological polar surface area (TPSA) is 38.7 Å². The van der Waals surface area contributed by atoms with E-state index in [2.05, 4.69) is 14.3 Å². The van der Waals surface area contributed by atoms with Crippen LogP contribution < -0.4 is 0 Å². The molecule has 2 aromatic rings. The van der Waals surface area contributed by atoms with Gasteiger partial charge >= 0.3 is 0 Å². The van der Waals surface area contributed by atoms with Gasteiger partial charge in [-0.25, -0.2) is 9.97 Å². The van der Waals surface area contributed by atoms with Crippen molar-refractivity contribution in [3.05, 3.63) is 17.7 Å². The van der Waals surface area contributed by atoms with E-state index in [-0.39, 0.29) is 0 Å². The molecule has 0 aliphatic rings. The zero-order valence-corrected chi connectivity index (χ0v) is 7.14. The van der Waals surface area contributed by atoms with Gasteiger partial charge in [-0.1, -0.05) is 0 Å². The third kappa shape index (κ3) is 0.991. The fourth-order valence-corrected chi connectivity index (χ4v) is 1.77. The van der Waals surface area contributed by atoms with Crippen LogP contribution in [-0.2, 0) is 0 Å². The molecule has 2 aromatic heterocycles. The highest BCUT2D eigenvalue weighted by Crippen LogP contribution is 2.17. The normalized spacial score (nSPS) is 10.7. The monoisotopic (exact) mass is 165 g/mol. The highest BCUT2D eigenvalue weighted by molar-refractivity contribution is 7.12. The van der Waals surface area contributed by atoms with E-state index >= 15 is 0 Å². The molecular weight excluding hydrogens is 158 g/mol. The average Bonchev–Trinajstić information content (AvgIpc) is 2.34. The maximum atomic E-state index is 4.24. The van der Waals surface area contributed by atoms with Gasteiger partial charge in [-0.3, -0.25) is 0 Å². The highest BCUT2D eigenvalue weighted by atomic mass is 32.1. The van der Waals surface area contributed by atoms with Crippen molar-refractivity contribution in [3.63, 3.8) is 0 Å². The molecule has 0 aliphatic carbocycles. The van der Waals surface area contributed by atoms with E-state index in [1.807, 2.05) is 20.0 Å². The molecule has 0 bridgehead atoms. The minimum Gasteiger partial charge on any atom is -0.238 e. The van der Waals surface area contributed by atoms with Gasteiger partial charge in [0.25, 0.3) is 0 Å². The van der Waals surface area contributed by atoms with Gasteiger partial charge < -0.3 is 0 Å². The molecule has 2 heterocycles. The predicted octanol–water partition coefficient (Wildman–Crippen LogP) is 1.70. The minimum atomic E-state index is 0.819. The van der Waals surface area contributed by atoms with Crippen LogP contribution >= 0.6 is 11.5 Å². The molecule has 0 spiro atoms. The molecule has 0 saturated carbocycles. The number of rotatable bonds is 0. The first-order valence-electron chi connectivity index (χ1n) is 3.33. The fraction of sp³-hybridized carbons (Fsp3) is 0.286. The summed E-state index contributed by atoms with van der Waals surface area (Å²) in [6, 6.07) is 0. The van der Waals surface area contributed by atoms with Gasteiger partial charge in [0.05, 0.1) is 17.3 Å². The number of aryl methyl sites for hydroxylation is 2. The third-order valence-electron chi connectivity index (χ3n) is 1.53. The molecule has 2 rings (SSSR count). The Morgan fingerprint density at radius 1 is 1.27 bits per heavy atom. The van der Waals surface area contributed by atoms with E-state index < -0.39 is 0 Å². The van der Waals surface area contributed by atoms with Crippen molar-refractivity contribution in [3.8, 4) is 0 Å². The second-order valence-corrected chi connectivity index (χ2v) is 3.18. The number of nitrogens with zero attached hydrogens (tertiary/aromatic N) is 3. The molecule has 3 nitrogen and oxygen atoms in total. The van der Waals surface area contributed by atoms with Gasteiger partial charge in [-0.15, -0.1) is 0 Å². The molecule has 0 aliphatic heterocycles. The number of aromatic nitrogens is 3. The van der Waals surface area contributed by atoms with Crippen molar-refractivity contribution in [2.45, 2.75) is 13.8 Å². The summed E-state index contributed by atoms with van der Waals surface area (Å²) in [5.41, 5.74) is 1.02. The van der Waals surface area contributed by atoms with Gasteiger partial charge in [0.1, 0.15) is 10.7 Å². The lowest BCUT2D eigenvalue weighted by molar-refractivity contribution is 1.06. The molecule has 4 heteroatoms. The van der Waals surface area contributed by atoms with Crippen molar-refractivity contribution in [2.24, 2.45) is 0 Å². The van der Waals surface area contributed by atoms with Crippen molar-refractivity contribution in [1.29, 1.82) is 0 Å². The summed E-state index contributed by atoms with van der Waals surface area (Å²) in [6.07, 6.45) is 1.81. The van der Waals surface area contributed by atoms with E-state index in [1.165, 1.54) is 11.5 Å². The summed E-state index contributed by atoms with van der Waals surface area (Å²) in [7, 11) is 0. The lowest BCUT2D eigenvalue weighted by Crippen LogP contribution is -1.89. The Morgan fingerprint density at radius 3 is 2.91 bits per heavy atom. The standard InChI is InChI=1S/C7H7N3S/c1-4-6-3-8-11-7(6)10-5(2)9-4/h3H,1-2H3. The van der Waals surface area contributed by atoms with Crippen molar-refractivity contribution in [1.82, 2.24) is 14.3 Å². The van der Waals surface area contributed by atoms with E-state index in [0.29, 0.717) is 0 Å². The molecule has 0 fully saturated rings. The lowest BCUT2D eigenvalue weighted by Gasteiger charge is -1.94. The van der Waals surface area contributed by atoms with Crippen LogP contribution in [-0.4, -0.2) is 14.3 Å². The summed E-state index contributed by atoms with van der Waals surface area (Å²) in [4.78, 5) is 9.45. The Kier molecular flexibility index (Phi) is 1.35. The Bertz CT molecular complexity index is 393. The molecule has 56 valence electrons. The van der Waals surface area contributed by atoms with E-state index in [4.69, 9.17) is 0 Å². The van der Waals surface area contributed by atoms with Gasteiger partial charge in [0.2, 0.25) is 0 Å². The number of fused-ring (bicyclic) bond motifs is 1. The highest BCUT2D eigenvalue weighted by Gasteiger charge is 2.02. The average molecular weight is 165 g/mol. The number of hydrogen-bond donors (Lipinski definition) is 0. The fourth-order valence-electron chi connectivity index (χ4n) is 1.04. The second kappa shape index (κ2) is 2.23. The molecule has 0 unspecified atom stereocenters. The van der Waals surface area contributed by atoms with E-state index in [1.54, 1.807) is 0 Å². The third-order valence-corrected chi connectivity index (χ3v) is 2.23. The number of hydrogen-bond acceptors (Lipinski definition) is 4. The largest absolute Gasteiger partial charge is 0.238 e. The van der Waals surface area contributed by atoms with Crippen molar-refractivity contribution in [2.75, 3.05) is 0 Å². The SMILES string of the molecule is Cc1nc(C)c2cnsc2n1. The minimum absolute atomic E-state index is 0.819. The summed E-state index contributed by atoms with van der Waals surface area (Å²) < 4.78 is 4.04. The van der Waals surface area contributed by atoms with Gasteiger partial charge in [0.15, 0.2) is 0 Å². The molecule has 0 N–H and O–H groups in total. The molecule has 11 heavy (non-hydrogen) atoms. The van der Waals surface area contributed by atoms with Crippen LogP contribution in [0, 0.1) is 13.8 Å². The first-order chi connectivity index (χ1) is 5.27. The quantitative estimate of drug-likeness (QED) is 0.596. The van der Waals surface area contributed by atoms with Gasteiger partial charge in [-0.2, -0.15) is 4.37 Å². The van der Waals surface area contributed by atoms with E-state index in [0.717, 1.165) is 21.7 Å². The summed E-state index contributed by atoms with van der Waals surface area (Å²) in [5, 5.41) is 1.07. The van der Waals surface area contributed by atoms with Crippen LogP contribution in [0.15, 0.2) is 6.20 Å². The van der Waals surface area contributed by atoms with Gasteiger partial charge in [0, 0.05) is 0 Å². The predicted molar refractivity (Wildman–Crippen MR) is 44.7 cm³/mol. The maximum absolute atomic E-state index is 4.24. The molecule has 0 atom stereocenters. The Balaban J connectivity index is 2.91. The zero-order valence-electron chi connectivity index (χ0n) is 6.33. The van der Waals surface area contributed by atoms with Crippen LogP contribution in [0.2, 0.25) is 0 Å². The molecule has 0 saturated heterocycles. The first-order valence-corrected chi connectivity index (χ1v) is 4.10. The van der Waals surface area contributed by atoms with Crippen LogP contribution in [0.4, 0.5) is 0 Å². The molecule has 0 amide bonds. The Labute approximate surface area is 68.3 Å². The van der Waals surface area contributed by atoms with Crippen LogP contribution in [0.5, 0.6) is 0 Å². The smallest absolute Gasteiger partial charge is 0.147 e. The zero-order chi connectivity index (χ0) is 7.84. The molecule has 0 radical (unpaired) electrons. The van der Waals surface area contributed by atoms with Crippen LogP contribution in [0.25, 0.3) is 10.2 Å². The van der Waals surface area contributed by atoms with Crippen LogP contribution in [0.3, 0.4) is 0 Å². The van der Waals surface area contributed by atoms with Crippen molar-refractivity contribution >= 4 is 21.7 Å². The Morgan fingerprint density at radius 2 is 2.09 bits per heavy atom.